The van der Waals surface area contributed by atoms with E-state index in [1.165, 1.54) is 11.8 Å². The summed E-state index contributed by atoms with van der Waals surface area (Å²) in [5, 5.41) is 0. The molecule has 0 spiro atoms. The summed E-state index contributed by atoms with van der Waals surface area (Å²) in [5.41, 5.74) is 1.00. The zero-order valence-electron chi connectivity index (χ0n) is 11.6. The Morgan fingerprint density at radius 3 is 2.21 bits per heavy atom. The predicted octanol–water partition coefficient (Wildman–Crippen LogP) is 2.96. The van der Waals surface area contributed by atoms with Crippen LogP contribution < -0.4 is 4.90 Å². The highest BCUT2D eigenvalue weighted by Crippen LogP contribution is 2.22. The van der Waals surface area contributed by atoms with E-state index in [-0.39, 0.29) is 17.6 Å². The monoisotopic (exact) mass is 261 g/mol. The number of carbonyl (C=O) groups is 3. The maximum atomic E-state index is 11.7. The van der Waals surface area contributed by atoms with E-state index >= 15 is 0 Å². The summed E-state index contributed by atoms with van der Waals surface area (Å²) >= 11 is 0. The van der Waals surface area contributed by atoms with Crippen molar-refractivity contribution in [1.82, 2.24) is 0 Å². The number of carbonyl (C=O) groups excluding carboxylic acids is 3. The van der Waals surface area contributed by atoms with Gasteiger partial charge in [0, 0.05) is 18.4 Å². The Bertz CT molecular complexity index is 478. The van der Waals surface area contributed by atoms with E-state index in [9.17, 15) is 14.4 Å². The number of ketones is 1. The number of hydrogen-bond donors (Lipinski definition) is 0. The van der Waals surface area contributed by atoms with Crippen molar-refractivity contribution in [2.45, 2.75) is 40.0 Å². The average molecular weight is 261 g/mol. The van der Waals surface area contributed by atoms with Crippen LogP contribution in [-0.2, 0) is 9.59 Å². The quantitative estimate of drug-likeness (QED) is 0.607. The van der Waals surface area contributed by atoms with E-state index in [0.29, 0.717) is 30.5 Å². The number of nitrogens with zero attached hydrogens (tertiary/aromatic N) is 1. The highest BCUT2D eigenvalue weighted by molar-refractivity contribution is 6.16. The first kappa shape index (κ1) is 15.1. The second kappa shape index (κ2) is 6.83. The molecule has 0 saturated carbocycles. The smallest absolute Gasteiger partial charge is 0.233 e. The van der Waals surface area contributed by atoms with Gasteiger partial charge in [-0.05, 0) is 25.5 Å². The fourth-order valence-electron chi connectivity index (χ4n) is 1.91. The standard InChI is InChI=1S/C13H13NO3.C2H6/c1-9(15)10-4-2-5-11(8-10)14-12(16)6-3-7-13(14)17;1-2/h2,4-5,8H,3,6-7H2,1H3;1-2H3. The lowest BCUT2D eigenvalue weighted by atomic mass is 10.1. The van der Waals surface area contributed by atoms with Crippen molar-refractivity contribution in [3.05, 3.63) is 29.8 Å². The maximum absolute atomic E-state index is 11.7. The lowest BCUT2D eigenvalue weighted by Crippen LogP contribution is -2.40. The molecule has 0 aliphatic carbocycles. The first-order chi connectivity index (χ1) is 9.09. The largest absolute Gasteiger partial charge is 0.295 e. The molecular formula is C15H19NO3. The van der Waals surface area contributed by atoms with Gasteiger partial charge >= 0.3 is 0 Å². The zero-order chi connectivity index (χ0) is 14.4. The van der Waals surface area contributed by atoms with Gasteiger partial charge in [0.15, 0.2) is 5.78 Å². The van der Waals surface area contributed by atoms with Gasteiger partial charge in [0.05, 0.1) is 5.69 Å². The Labute approximate surface area is 113 Å². The molecule has 102 valence electrons. The fourth-order valence-corrected chi connectivity index (χ4v) is 1.91. The molecule has 0 aromatic heterocycles. The lowest BCUT2D eigenvalue weighted by Gasteiger charge is -2.25. The molecule has 1 aliphatic heterocycles. The van der Waals surface area contributed by atoms with Gasteiger partial charge in [0.1, 0.15) is 0 Å². The van der Waals surface area contributed by atoms with E-state index in [0.717, 1.165) is 0 Å². The molecular weight excluding hydrogens is 242 g/mol. The summed E-state index contributed by atoms with van der Waals surface area (Å²) in [4.78, 5) is 35.8. The minimum atomic E-state index is -0.193. The molecule has 0 N–H and O–H groups in total. The van der Waals surface area contributed by atoms with Crippen LogP contribution in [0.5, 0.6) is 0 Å². The highest BCUT2D eigenvalue weighted by atomic mass is 16.2. The molecule has 1 fully saturated rings. The summed E-state index contributed by atoms with van der Waals surface area (Å²) < 4.78 is 0. The van der Waals surface area contributed by atoms with Crippen molar-refractivity contribution in [1.29, 1.82) is 0 Å². The van der Waals surface area contributed by atoms with Crippen LogP contribution in [0.25, 0.3) is 0 Å². The van der Waals surface area contributed by atoms with Crippen molar-refractivity contribution in [2.75, 3.05) is 4.90 Å². The lowest BCUT2D eigenvalue weighted by molar-refractivity contribution is -0.129. The third-order valence-corrected chi connectivity index (χ3v) is 2.79. The van der Waals surface area contributed by atoms with Crippen molar-refractivity contribution in [3.8, 4) is 0 Å². The first-order valence-corrected chi connectivity index (χ1v) is 6.56. The zero-order valence-corrected chi connectivity index (χ0v) is 11.6. The van der Waals surface area contributed by atoms with E-state index in [1.807, 2.05) is 13.8 Å². The number of amides is 2. The van der Waals surface area contributed by atoms with Gasteiger partial charge in [0.2, 0.25) is 11.8 Å². The molecule has 2 rings (SSSR count). The molecule has 4 nitrogen and oxygen atoms in total. The SMILES string of the molecule is CC.CC(=O)c1cccc(N2C(=O)CCCC2=O)c1. The number of imide groups is 1. The van der Waals surface area contributed by atoms with Gasteiger partial charge in [-0.2, -0.15) is 0 Å². The highest BCUT2D eigenvalue weighted by Gasteiger charge is 2.27. The molecule has 1 saturated heterocycles. The van der Waals surface area contributed by atoms with Crippen molar-refractivity contribution < 1.29 is 14.4 Å². The molecule has 19 heavy (non-hydrogen) atoms. The molecule has 1 heterocycles. The van der Waals surface area contributed by atoms with Crippen LogP contribution in [0.3, 0.4) is 0 Å². The van der Waals surface area contributed by atoms with E-state index in [1.54, 1.807) is 24.3 Å². The Hall–Kier alpha value is -1.97. The van der Waals surface area contributed by atoms with Gasteiger partial charge in [-0.25, -0.2) is 0 Å². The van der Waals surface area contributed by atoms with Crippen molar-refractivity contribution in [2.24, 2.45) is 0 Å². The van der Waals surface area contributed by atoms with Gasteiger partial charge < -0.3 is 0 Å². The Morgan fingerprint density at radius 1 is 1.11 bits per heavy atom. The number of piperidine rings is 1. The summed E-state index contributed by atoms with van der Waals surface area (Å²) in [7, 11) is 0. The van der Waals surface area contributed by atoms with Crippen molar-refractivity contribution >= 4 is 23.3 Å². The van der Waals surface area contributed by atoms with Gasteiger partial charge in [0.25, 0.3) is 0 Å². The number of hydrogen-bond acceptors (Lipinski definition) is 3. The molecule has 1 aromatic rings. The summed E-state index contributed by atoms with van der Waals surface area (Å²) in [6, 6.07) is 6.61. The van der Waals surface area contributed by atoms with Gasteiger partial charge in [-0.1, -0.05) is 26.0 Å². The fraction of sp³-hybridized carbons (Fsp3) is 0.400. The minimum absolute atomic E-state index is 0.0799. The van der Waals surface area contributed by atoms with Crippen LogP contribution >= 0.6 is 0 Å². The molecule has 2 amide bonds. The van der Waals surface area contributed by atoms with Crippen LogP contribution in [0.4, 0.5) is 5.69 Å². The van der Waals surface area contributed by atoms with Gasteiger partial charge in [-0.15, -0.1) is 0 Å². The molecule has 1 aromatic carbocycles. The van der Waals surface area contributed by atoms with Crippen LogP contribution in [0.15, 0.2) is 24.3 Å². The molecule has 1 aliphatic rings. The molecule has 0 radical (unpaired) electrons. The van der Waals surface area contributed by atoms with E-state index in [2.05, 4.69) is 0 Å². The Kier molecular flexibility index (Phi) is 5.42. The molecule has 4 heteroatoms. The third-order valence-electron chi connectivity index (χ3n) is 2.79. The molecule has 0 unspecified atom stereocenters. The number of anilines is 1. The Morgan fingerprint density at radius 2 is 1.68 bits per heavy atom. The Balaban J connectivity index is 0.000000861. The first-order valence-electron chi connectivity index (χ1n) is 6.56. The molecule has 0 bridgehead atoms. The van der Waals surface area contributed by atoms with E-state index < -0.39 is 0 Å². The number of Topliss-reactive ketones (excluding diaryl/α,β-unsaturated/α-hetero) is 1. The summed E-state index contributed by atoms with van der Waals surface area (Å²) in [5.74, 6) is -0.465. The average Bonchev–Trinajstić information content (AvgIpc) is 2.41. The summed E-state index contributed by atoms with van der Waals surface area (Å²) in [6.07, 6.45) is 1.38. The number of rotatable bonds is 2. The normalized spacial score (nSPS) is 14.8. The molecule has 0 atom stereocenters. The van der Waals surface area contributed by atoms with Crippen LogP contribution in [0.2, 0.25) is 0 Å². The van der Waals surface area contributed by atoms with Gasteiger partial charge in [-0.3, -0.25) is 19.3 Å². The number of benzene rings is 1. The topological polar surface area (TPSA) is 54.5 Å². The van der Waals surface area contributed by atoms with Crippen molar-refractivity contribution in [3.63, 3.8) is 0 Å². The second-order valence-electron chi connectivity index (χ2n) is 4.08. The third kappa shape index (κ3) is 3.50. The van der Waals surface area contributed by atoms with E-state index in [4.69, 9.17) is 0 Å². The summed E-state index contributed by atoms with van der Waals surface area (Å²) in [6.45, 7) is 5.46. The maximum Gasteiger partial charge on any atom is 0.233 e. The van der Waals surface area contributed by atoms with Crippen LogP contribution in [0.1, 0.15) is 50.4 Å². The van der Waals surface area contributed by atoms with Crippen LogP contribution in [0, 0.1) is 0 Å². The van der Waals surface area contributed by atoms with Crippen LogP contribution in [-0.4, -0.2) is 17.6 Å². The minimum Gasteiger partial charge on any atom is -0.295 e. The second-order valence-corrected chi connectivity index (χ2v) is 4.08. The predicted molar refractivity (Wildman–Crippen MR) is 74.1 cm³/mol.